The standard InChI is InChI=1S/C24H27N5O3S2/c1-2-3-5-16-7-9-17(10-8-16)25-20(30)15-34-24-27-26-23-28(14-18-6-4-12-32-18)22(31)21-19(29(23)24)11-13-33-21/h7-11,13,18H,2-6,12,14-15H2,1H3,(H,25,30). The zero-order chi connectivity index (χ0) is 23.5. The van der Waals surface area contributed by atoms with Crippen LogP contribution in [0.5, 0.6) is 0 Å². The fourth-order valence-electron chi connectivity index (χ4n) is 4.21. The molecule has 1 aliphatic rings. The molecule has 5 rings (SSSR count). The molecule has 10 heteroatoms. The maximum Gasteiger partial charge on any atom is 0.272 e. The molecule has 1 fully saturated rings. The highest BCUT2D eigenvalue weighted by atomic mass is 32.2. The van der Waals surface area contributed by atoms with Crippen LogP contribution in [0.1, 0.15) is 38.2 Å². The SMILES string of the molecule is CCCCc1ccc(NC(=O)CSc2nnc3n(CC4CCCO4)c(=O)c4sccc4n23)cc1. The molecule has 1 atom stereocenters. The minimum Gasteiger partial charge on any atom is -0.376 e. The van der Waals surface area contributed by atoms with Crippen LogP contribution in [0.2, 0.25) is 0 Å². The number of ether oxygens (including phenoxy) is 1. The van der Waals surface area contributed by atoms with Gasteiger partial charge in [-0.15, -0.1) is 21.5 Å². The first-order valence-electron chi connectivity index (χ1n) is 11.6. The highest BCUT2D eigenvalue weighted by molar-refractivity contribution is 7.99. The molecule has 1 unspecified atom stereocenters. The lowest BCUT2D eigenvalue weighted by Crippen LogP contribution is -2.28. The number of carbonyl (C=O) groups excluding carboxylic acids is 1. The van der Waals surface area contributed by atoms with E-state index in [1.54, 1.807) is 4.57 Å². The molecule has 1 N–H and O–H groups in total. The van der Waals surface area contributed by atoms with E-state index in [1.165, 1.54) is 28.7 Å². The van der Waals surface area contributed by atoms with Crippen LogP contribution in [0.3, 0.4) is 0 Å². The Kier molecular flexibility index (Phi) is 6.98. The van der Waals surface area contributed by atoms with Gasteiger partial charge in [0, 0.05) is 12.3 Å². The van der Waals surface area contributed by atoms with Gasteiger partial charge in [-0.25, -0.2) is 0 Å². The van der Waals surface area contributed by atoms with Crippen molar-refractivity contribution in [2.24, 2.45) is 0 Å². The van der Waals surface area contributed by atoms with Gasteiger partial charge in [-0.05, 0) is 54.8 Å². The third-order valence-electron chi connectivity index (χ3n) is 5.98. The Bertz CT molecular complexity index is 1350. The molecule has 0 spiro atoms. The summed E-state index contributed by atoms with van der Waals surface area (Å²) in [5, 5.41) is 14.1. The van der Waals surface area contributed by atoms with E-state index in [1.807, 2.05) is 28.0 Å². The highest BCUT2D eigenvalue weighted by Crippen LogP contribution is 2.25. The lowest BCUT2D eigenvalue weighted by atomic mass is 10.1. The molecule has 0 bridgehead atoms. The first-order valence-corrected chi connectivity index (χ1v) is 13.5. The molecule has 4 heterocycles. The number of anilines is 1. The number of unbranched alkanes of at least 4 members (excludes halogenated alkanes) is 1. The fourth-order valence-corrected chi connectivity index (χ4v) is 5.78. The molecule has 34 heavy (non-hydrogen) atoms. The minimum atomic E-state index is -0.114. The Morgan fingerprint density at radius 2 is 2.12 bits per heavy atom. The van der Waals surface area contributed by atoms with E-state index in [-0.39, 0.29) is 23.3 Å². The molecule has 0 saturated carbocycles. The third-order valence-corrected chi connectivity index (χ3v) is 7.80. The molecule has 8 nitrogen and oxygen atoms in total. The van der Waals surface area contributed by atoms with Crippen molar-refractivity contribution in [2.75, 3.05) is 17.7 Å². The van der Waals surface area contributed by atoms with E-state index in [2.05, 4.69) is 34.6 Å². The monoisotopic (exact) mass is 497 g/mol. The van der Waals surface area contributed by atoms with Gasteiger partial charge >= 0.3 is 0 Å². The summed E-state index contributed by atoms with van der Waals surface area (Å²) in [7, 11) is 0. The summed E-state index contributed by atoms with van der Waals surface area (Å²) in [5.74, 6) is 0.559. The Morgan fingerprint density at radius 1 is 1.26 bits per heavy atom. The summed E-state index contributed by atoms with van der Waals surface area (Å²) in [4.78, 5) is 25.7. The Labute approximate surface area is 205 Å². The molecule has 0 radical (unpaired) electrons. The number of amides is 1. The van der Waals surface area contributed by atoms with Crippen molar-refractivity contribution < 1.29 is 9.53 Å². The van der Waals surface area contributed by atoms with E-state index in [9.17, 15) is 9.59 Å². The number of benzene rings is 1. The molecule has 1 amide bonds. The Morgan fingerprint density at radius 3 is 2.88 bits per heavy atom. The number of thiophene rings is 1. The normalized spacial score (nSPS) is 16.0. The third kappa shape index (κ3) is 4.75. The second-order valence-corrected chi connectivity index (χ2v) is 10.3. The average molecular weight is 498 g/mol. The number of aryl methyl sites for hydroxylation is 1. The van der Waals surface area contributed by atoms with Crippen molar-refractivity contribution in [3.63, 3.8) is 0 Å². The largest absolute Gasteiger partial charge is 0.376 e. The number of hydrogen-bond donors (Lipinski definition) is 1. The van der Waals surface area contributed by atoms with Crippen molar-refractivity contribution in [3.8, 4) is 0 Å². The molecule has 178 valence electrons. The van der Waals surface area contributed by atoms with Gasteiger partial charge < -0.3 is 10.1 Å². The molecule has 0 aliphatic carbocycles. The van der Waals surface area contributed by atoms with Crippen LogP contribution in [-0.2, 0) is 22.5 Å². The summed E-state index contributed by atoms with van der Waals surface area (Å²) in [6.45, 7) is 3.35. The predicted molar refractivity (Wildman–Crippen MR) is 136 cm³/mol. The lowest BCUT2D eigenvalue weighted by Gasteiger charge is -2.13. The van der Waals surface area contributed by atoms with E-state index in [0.29, 0.717) is 22.2 Å². The lowest BCUT2D eigenvalue weighted by molar-refractivity contribution is -0.113. The first kappa shape index (κ1) is 23.1. The van der Waals surface area contributed by atoms with Crippen molar-refractivity contribution >= 4 is 50.7 Å². The van der Waals surface area contributed by atoms with Crippen molar-refractivity contribution in [3.05, 3.63) is 51.6 Å². The zero-order valence-electron chi connectivity index (χ0n) is 19.0. The van der Waals surface area contributed by atoms with Crippen LogP contribution >= 0.6 is 23.1 Å². The second-order valence-electron chi connectivity index (χ2n) is 8.44. The van der Waals surface area contributed by atoms with Gasteiger partial charge in [-0.1, -0.05) is 37.2 Å². The fraction of sp³-hybridized carbons (Fsp3) is 0.417. The Balaban J connectivity index is 1.33. The molecule has 1 saturated heterocycles. The summed E-state index contributed by atoms with van der Waals surface area (Å²) in [5.41, 5.74) is 2.75. The van der Waals surface area contributed by atoms with Gasteiger partial charge in [0.15, 0.2) is 5.16 Å². The van der Waals surface area contributed by atoms with Crippen LogP contribution in [0, 0.1) is 0 Å². The van der Waals surface area contributed by atoms with Gasteiger partial charge in [0.1, 0.15) is 4.70 Å². The molecule has 1 aliphatic heterocycles. The van der Waals surface area contributed by atoms with Crippen LogP contribution < -0.4 is 10.9 Å². The van der Waals surface area contributed by atoms with E-state index in [4.69, 9.17) is 4.74 Å². The predicted octanol–water partition coefficient (Wildman–Crippen LogP) is 4.36. The molecule has 3 aromatic heterocycles. The number of rotatable bonds is 9. The molecular formula is C24H27N5O3S2. The topological polar surface area (TPSA) is 90.5 Å². The maximum absolute atomic E-state index is 13.1. The van der Waals surface area contributed by atoms with Gasteiger partial charge in [0.05, 0.1) is 23.9 Å². The van der Waals surface area contributed by atoms with Crippen molar-refractivity contribution in [2.45, 2.75) is 56.8 Å². The number of carbonyl (C=O) groups is 1. The van der Waals surface area contributed by atoms with Crippen molar-refractivity contribution in [1.82, 2.24) is 19.2 Å². The van der Waals surface area contributed by atoms with Gasteiger partial charge in [0.2, 0.25) is 11.7 Å². The second kappa shape index (κ2) is 10.3. The summed E-state index contributed by atoms with van der Waals surface area (Å²) < 4.78 is 9.94. The number of nitrogens with one attached hydrogen (secondary N) is 1. The smallest absolute Gasteiger partial charge is 0.272 e. The summed E-state index contributed by atoms with van der Waals surface area (Å²) in [6.07, 6.45) is 5.31. The number of aromatic nitrogens is 4. The van der Waals surface area contributed by atoms with E-state index >= 15 is 0 Å². The van der Waals surface area contributed by atoms with E-state index in [0.717, 1.165) is 49.9 Å². The maximum atomic E-state index is 13.1. The van der Waals surface area contributed by atoms with Gasteiger partial charge in [-0.3, -0.25) is 18.6 Å². The average Bonchev–Trinajstić information content (AvgIpc) is 3.60. The van der Waals surface area contributed by atoms with Crippen LogP contribution in [0.4, 0.5) is 5.69 Å². The number of hydrogen-bond acceptors (Lipinski definition) is 7. The molecular weight excluding hydrogens is 470 g/mol. The molecule has 1 aromatic carbocycles. The number of fused-ring (bicyclic) bond motifs is 3. The van der Waals surface area contributed by atoms with Crippen LogP contribution in [0.15, 0.2) is 45.7 Å². The number of thioether (sulfide) groups is 1. The summed E-state index contributed by atoms with van der Waals surface area (Å²) >= 11 is 2.71. The number of nitrogens with zero attached hydrogens (tertiary/aromatic N) is 4. The van der Waals surface area contributed by atoms with E-state index < -0.39 is 0 Å². The minimum absolute atomic E-state index is 0.00542. The Hall–Kier alpha value is -2.69. The van der Waals surface area contributed by atoms with Crippen molar-refractivity contribution in [1.29, 1.82) is 0 Å². The highest BCUT2D eigenvalue weighted by Gasteiger charge is 2.23. The van der Waals surface area contributed by atoms with Crippen LogP contribution in [-0.4, -0.2) is 43.5 Å². The van der Waals surface area contributed by atoms with Gasteiger partial charge in [0.25, 0.3) is 5.56 Å². The summed E-state index contributed by atoms with van der Waals surface area (Å²) in [6, 6.07) is 9.91. The zero-order valence-corrected chi connectivity index (χ0v) is 20.7. The quantitative estimate of drug-likeness (QED) is 0.346. The molecule has 4 aromatic rings. The van der Waals surface area contributed by atoms with Crippen LogP contribution in [0.25, 0.3) is 16.0 Å². The van der Waals surface area contributed by atoms with Gasteiger partial charge in [-0.2, -0.15) is 0 Å². The first-order chi connectivity index (χ1) is 16.6.